The number of benzene rings is 1. The zero-order chi connectivity index (χ0) is 15.9. The second-order valence-electron chi connectivity index (χ2n) is 5.18. The van der Waals surface area contributed by atoms with Crippen molar-refractivity contribution in [3.05, 3.63) is 40.1 Å². The van der Waals surface area contributed by atoms with Crippen molar-refractivity contribution in [2.45, 2.75) is 18.9 Å². The number of nitrogens with zero attached hydrogens (tertiary/aromatic N) is 2. The number of non-ortho nitro benzene ring substituents is 1. The van der Waals surface area contributed by atoms with Gasteiger partial charge in [-0.2, -0.15) is 0 Å². The van der Waals surface area contributed by atoms with Crippen LogP contribution in [0.1, 0.15) is 23.2 Å². The van der Waals surface area contributed by atoms with Gasteiger partial charge in [0.25, 0.3) is 11.6 Å². The van der Waals surface area contributed by atoms with E-state index in [-0.39, 0.29) is 11.3 Å². The van der Waals surface area contributed by atoms with E-state index in [2.05, 4.69) is 4.98 Å². The van der Waals surface area contributed by atoms with Crippen molar-refractivity contribution in [2.24, 2.45) is 0 Å². The molecule has 2 aromatic rings. The van der Waals surface area contributed by atoms with Gasteiger partial charge >= 0.3 is 5.97 Å². The van der Waals surface area contributed by atoms with Crippen LogP contribution < -0.4 is 0 Å². The number of carbonyl (C=O) groups excluding carboxylic acids is 1. The Bertz CT molecular complexity index is 782. The summed E-state index contributed by atoms with van der Waals surface area (Å²) in [7, 11) is 0. The number of rotatable bonds is 3. The predicted octanol–water partition coefficient (Wildman–Crippen LogP) is 1.77. The summed E-state index contributed by atoms with van der Waals surface area (Å²) in [6, 6.07) is 3.37. The summed E-state index contributed by atoms with van der Waals surface area (Å²) in [6.07, 6.45) is 2.52. The van der Waals surface area contributed by atoms with Crippen molar-refractivity contribution >= 4 is 28.5 Å². The number of carboxylic acids is 1. The molecule has 2 heterocycles. The van der Waals surface area contributed by atoms with Crippen molar-refractivity contribution in [1.29, 1.82) is 0 Å². The van der Waals surface area contributed by atoms with Crippen LogP contribution in [0.4, 0.5) is 5.69 Å². The molecule has 1 aromatic carbocycles. The van der Waals surface area contributed by atoms with Gasteiger partial charge in [-0.25, -0.2) is 4.79 Å². The van der Waals surface area contributed by atoms with Crippen molar-refractivity contribution in [3.8, 4) is 0 Å². The van der Waals surface area contributed by atoms with Gasteiger partial charge in [0.15, 0.2) is 0 Å². The third-order valence-electron chi connectivity index (χ3n) is 3.91. The Morgan fingerprint density at radius 1 is 1.41 bits per heavy atom. The summed E-state index contributed by atoms with van der Waals surface area (Å²) in [5.41, 5.74) is 0.740. The first-order valence-corrected chi connectivity index (χ1v) is 6.78. The highest BCUT2D eigenvalue weighted by Crippen LogP contribution is 2.27. The Balaban J connectivity index is 2.02. The molecule has 1 atom stereocenters. The van der Waals surface area contributed by atoms with Gasteiger partial charge in [-0.05, 0) is 18.9 Å². The van der Waals surface area contributed by atoms with Crippen molar-refractivity contribution in [2.75, 3.05) is 6.54 Å². The standard InChI is InChI=1S/C14H13N3O5/c18-13(16-5-1-2-12(16)14(19)20)10-7-15-11-4-3-8(17(21)22)6-9(10)11/h3-4,6-7,12,15H,1-2,5H2,(H,19,20)/t12-/m1/s1. The minimum absolute atomic E-state index is 0.114. The number of hydrogen-bond acceptors (Lipinski definition) is 4. The van der Waals surface area contributed by atoms with Gasteiger partial charge < -0.3 is 15.0 Å². The van der Waals surface area contributed by atoms with Crippen LogP contribution in [0.3, 0.4) is 0 Å². The molecule has 1 saturated heterocycles. The first-order valence-electron chi connectivity index (χ1n) is 6.78. The number of carboxylic acid groups (broad SMARTS) is 1. The number of aromatic nitrogens is 1. The van der Waals surface area contributed by atoms with Crippen LogP contribution in [0.25, 0.3) is 10.9 Å². The molecule has 0 saturated carbocycles. The Kier molecular flexibility index (Phi) is 3.28. The maximum Gasteiger partial charge on any atom is 0.326 e. The highest BCUT2D eigenvalue weighted by Gasteiger charge is 2.35. The van der Waals surface area contributed by atoms with E-state index >= 15 is 0 Å². The van der Waals surface area contributed by atoms with Crippen LogP contribution in [0.15, 0.2) is 24.4 Å². The first kappa shape index (κ1) is 14.1. The predicted molar refractivity (Wildman–Crippen MR) is 76.6 cm³/mol. The SMILES string of the molecule is O=C(O)[C@H]1CCCN1C(=O)c1c[nH]c2ccc([N+](=O)[O-])cc12. The molecule has 2 N–H and O–H groups in total. The normalized spacial score (nSPS) is 17.8. The average Bonchev–Trinajstić information content (AvgIpc) is 3.12. The summed E-state index contributed by atoms with van der Waals surface area (Å²) in [5, 5.41) is 20.5. The molecule has 1 aromatic heterocycles. The summed E-state index contributed by atoms with van der Waals surface area (Å²) in [6.45, 7) is 0.372. The molecule has 1 fully saturated rings. The molecule has 0 aliphatic carbocycles. The van der Waals surface area contributed by atoms with Crippen LogP contribution in [-0.2, 0) is 4.79 Å². The Hall–Kier alpha value is -2.90. The third-order valence-corrected chi connectivity index (χ3v) is 3.91. The van der Waals surface area contributed by atoms with E-state index in [0.717, 1.165) is 0 Å². The van der Waals surface area contributed by atoms with E-state index in [1.165, 1.54) is 29.3 Å². The quantitative estimate of drug-likeness (QED) is 0.662. The van der Waals surface area contributed by atoms with E-state index in [1.54, 1.807) is 0 Å². The monoisotopic (exact) mass is 303 g/mol. The van der Waals surface area contributed by atoms with Crippen molar-refractivity contribution in [1.82, 2.24) is 9.88 Å². The lowest BCUT2D eigenvalue weighted by Gasteiger charge is -2.20. The zero-order valence-corrected chi connectivity index (χ0v) is 11.5. The molecule has 114 valence electrons. The minimum atomic E-state index is -1.03. The van der Waals surface area contributed by atoms with Gasteiger partial charge in [0.05, 0.1) is 10.5 Å². The fourth-order valence-electron chi connectivity index (χ4n) is 2.82. The topological polar surface area (TPSA) is 117 Å². The largest absolute Gasteiger partial charge is 0.480 e. The molecule has 0 bridgehead atoms. The van der Waals surface area contributed by atoms with E-state index in [0.29, 0.717) is 30.3 Å². The number of nitro benzene ring substituents is 1. The number of nitrogens with one attached hydrogen (secondary N) is 1. The fourth-order valence-corrected chi connectivity index (χ4v) is 2.82. The molecular formula is C14H13N3O5. The first-order chi connectivity index (χ1) is 10.5. The van der Waals surface area contributed by atoms with E-state index in [9.17, 15) is 19.7 Å². The van der Waals surface area contributed by atoms with Gasteiger partial charge in [-0.1, -0.05) is 0 Å². The van der Waals surface area contributed by atoms with Crippen LogP contribution in [0.2, 0.25) is 0 Å². The number of carbonyl (C=O) groups is 2. The van der Waals surface area contributed by atoms with Gasteiger partial charge in [0.2, 0.25) is 0 Å². The van der Waals surface area contributed by atoms with Gasteiger partial charge in [0, 0.05) is 35.8 Å². The molecule has 8 nitrogen and oxygen atoms in total. The van der Waals surface area contributed by atoms with E-state index < -0.39 is 22.8 Å². The second kappa shape index (κ2) is 5.14. The fraction of sp³-hybridized carbons (Fsp3) is 0.286. The molecule has 22 heavy (non-hydrogen) atoms. The number of hydrogen-bond donors (Lipinski definition) is 2. The molecule has 1 aliphatic heterocycles. The molecule has 1 amide bonds. The maximum absolute atomic E-state index is 12.6. The van der Waals surface area contributed by atoms with Crippen LogP contribution in [0, 0.1) is 10.1 Å². The Labute approximate surface area is 124 Å². The maximum atomic E-state index is 12.6. The number of likely N-dealkylation sites (tertiary alicyclic amines) is 1. The van der Waals surface area contributed by atoms with Crippen molar-refractivity contribution < 1.29 is 19.6 Å². The van der Waals surface area contributed by atoms with E-state index in [1.807, 2.05) is 0 Å². The Morgan fingerprint density at radius 2 is 2.18 bits per heavy atom. The summed E-state index contributed by atoms with van der Waals surface area (Å²) < 4.78 is 0. The summed E-state index contributed by atoms with van der Waals surface area (Å²) in [5.74, 6) is -1.45. The third kappa shape index (κ3) is 2.18. The number of nitro groups is 1. The molecule has 3 rings (SSSR count). The lowest BCUT2D eigenvalue weighted by Crippen LogP contribution is -2.40. The Morgan fingerprint density at radius 3 is 2.86 bits per heavy atom. The highest BCUT2D eigenvalue weighted by molar-refractivity contribution is 6.08. The van der Waals surface area contributed by atoms with Gasteiger partial charge in [0.1, 0.15) is 6.04 Å². The average molecular weight is 303 g/mol. The van der Waals surface area contributed by atoms with Gasteiger partial charge in [-0.15, -0.1) is 0 Å². The number of aliphatic carboxylic acids is 1. The number of fused-ring (bicyclic) bond motifs is 1. The molecule has 0 radical (unpaired) electrons. The molecular weight excluding hydrogens is 290 g/mol. The van der Waals surface area contributed by atoms with Gasteiger partial charge in [-0.3, -0.25) is 14.9 Å². The second-order valence-corrected chi connectivity index (χ2v) is 5.18. The molecule has 0 unspecified atom stereocenters. The molecule has 8 heteroatoms. The molecule has 1 aliphatic rings. The smallest absolute Gasteiger partial charge is 0.326 e. The molecule has 0 spiro atoms. The van der Waals surface area contributed by atoms with Crippen LogP contribution in [0.5, 0.6) is 0 Å². The number of H-pyrrole nitrogens is 1. The number of aromatic amines is 1. The lowest BCUT2D eigenvalue weighted by molar-refractivity contribution is -0.384. The minimum Gasteiger partial charge on any atom is -0.480 e. The zero-order valence-electron chi connectivity index (χ0n) is 11.5. The highest BCUT2D eigenvalue weighted by atomic mass is 16.6. The van der Waals surface area contributed by atoms with Crippen LogP contribution >= 0.6 is 0 Å². The lowest BCUT2D eigenvalue weighted by atomic mass is 10.1. The van der Waals surface area contributed by atoms with E-state index in [4.69, 9.17) is 5.11 Å². The summed E-state index contributed by atoms with van der Waals surface area (Å²) >= 11 is 0. The number of amides is 1. The summed E-state index contributed by atoms with van der Waals surface area (Å²) in [4.78, 5) is 38.3. The van der Waals surface area contributed by atoms with Crippen LogP contribution in [-0.4, -0.2) is 44.4 Å². The van der Waals surface area contributed by atoms with Crippen molar-refractivity contribution in [3.63, 3.8) is 0 Å².